The van der Waals surface area contributed by atoms with Crippen LogP contribution in [0.1, 0.15) is 33.6 Å². The lowest BCUT2D eigenvalue weighted by atomic mass is 9.89. The topological polar surface area (TPSA) is 29.1 Å². The van der Waals surface area contributed by atoms with Gasteiger partial charge < -0.3 is 5.32 Å². The quantitative estimate of drug-likeness (QED) is 0.586. The molecular weight excluding hydrogens is 126 g/mol. The van der Waals surface area contributed by atoms with Gasteiger partial charge in [-0.25, -0.2) is 0 Å². The molecule has 0 spiro atoms. The van der Waals surface area contributed by atoms with Gasteiger partial charge in [0, 0.05) is 11.5 Å². The molecule has 1 heterocycles. The first kappa shape index (κ1) is 7.58. The fourth-order valence-corrected chi connectivity index (χ4v) is 1.39. The molecule has 58 valence electrons. The van der Waals surface area contributed by atoms with Crippen LogP contribution in [0.25, 0.3) is 0 Å². The highest BCUT2D eigenvalue weighted by Gasteiger charge is 2.37. The van der Waals surface area contributed by atoms with Crippen LogP contribution in [0.5, 0.6) is 0 Å². The van der Waals surface area contributed by atoms with Crippen molar-refractivity contribution in [3.05, 3.63) is 0 Å². The Morgan fingerprint density at radius 1 is 1.70 bits per heavy atom. The second-order valence-electron chi connectivity index (χ2n) is 3.67. The first-order chi connectivity index (χ1) is 4.56. The summed E-state index contributed by atoms with van der Waals surface area (Å²) >= 11 is 0. The SMILES string of the molecule is CC[C@@H]1CC(C)(C)C(=O)N1. The van der Waals surface area contributed by atoms with Crippen LogP contribution >= 0.6 is 0 Å². The second-order valence-corrected chi connectivity index (χ2v) is 3.67. The lowest BCUT2D eigenvalue weighted by molar-refractivity contribution is -0.126. The van der Waals surface area contributed by atoms with E-state index in [-0.39, 0.29) is 11.3 Å². The highest BCUT2D eigenvalue weighted by atomic mass is 16.2. The molecule has 1 N–H and O–H groups in total. The second kappa shape index (κ2) is 2.26. The lowest BCUT2D eigenvalue weighted by Gasteiger charge is -2.11. The third kappa shape index (κ3) is 1.15. The van der Waals surface area contributed by atoms with Gasteiger partial charge in [-0.05, 0) is 12.8 Å². The fraction of sp³-hybridized carbons (Fsp3) is 0.875. The molecule has 1 aliphatic rings. The summed E-state index contributed by atoms with van der Waals surface area (Å²) in [7, 11) is 0. The summed E-state index contributed by atoms with van der Waals surface area (Å²) in [5.74, 6) is 0.208. The van der Waals surface area contributed by atoms with Gasteiger partial charge in [-0.1, -0.05) is 20.8 Å². The number of hydrogen-bond donors (Lipinski definition) is 1. The zero-order chi connectivity index (χ0) is 7.78. The van der Waals surface area contributed by atoms with Crippen molar-refractivity contribution in [2.45, 2.75) is 39.7 Å². The first-order valence-electron chi connectivity index (χ1n) is 3.87. The molecule has 10 heavy (non-hydrogen) atoms. The van der Waals surface area contributed by atoms with Crippen molar-refractivity contribution >= 4 is 5.91 Å². The van der Waals surface area contributed by atoms with Gasteiger partial charge in [-0.2, -0.15) is 0 Å². The van der Waals surface area contributed by atoms with Gasteiger partial charge in [-0.3, -0.25) is 4.79 Å². The minimum absolute atomic E-state index is 0.124. The minimum atomic E-state index is -0.124. The number of carbonyl (C=O) groups excluding carboxylic acids is 1. The molecule has 0 aromatic carbocycles. The molecule has 2 nitrogen and oxygen atoms in total. The number of hydrogen-bond acceptors (Lipinski definition) is 1. The number of nitrogens with one attached hydrogen (secondary N) is 1. The molecule has 0 saturated carbocycles. The third-order valence-corrected chi connectivity index (χ3v) is 2.20. The minimum Gasteiger partial charge on any atom is -0.353 e. The molecule has 2 heteroatoms. The van der Waals surface area contributed by atoms with Crippen LogP contribution in [0.4, 0.5) is 0 Å². The first-order valence-corrected chi connectivity index (χ1v) is 3.87. The lowest BCUT2D eigenvalue weighted by Crippen LogP contribution is -2.28. The molecule has 0 bridgehead atoms. The van der Waals surface area contributed by atoms with Crippen molar-refractivity contribution in [2.75, 3.05) is 0 Å². The highest BCUT2D eigenvalue weighted by molar-refractivity contribution is 5.84. The van der Waals surface area contributed by atoms with E-state index in [2.05, 4.69) is 12.2 Å². The Hall–Kier alpha value is -0.530. The van der Waals surface area contributed by atoms with E-state index in [1.54, 1.807) is 0 Å². The Labute approximate surface area is 62.0 Å². The average Bonchev–Trinajstić information content (AvgIpc) is 2.08. The zero-order valence-corrected chi connectivity index (χ0v) is 6.90. The van der Waals surface area contributed by atoms with Crippen LogP contribution in [0.2, 0.25) is 0 Å². The molecule has 1 amide bonds. The van der Waals surface area contributed by atoms with Crippen LogP contribution in [0.3, 0.4) is 0 Å². The van der Waals surface area contributed by atoms with Gasteiger partial charge in [-0.15, -0.1) is 0 Å². The normalized spacial score (nSPS) is 30.3. The zero-order valence-electron chi connectivity index (χ0n) is 6.90. The molecule has 1 fully saturated rings. The molecule has 0 aromatic heterocycles. The van der Waals surface area contributed by atoms with Crippen LogP contribution in [-0.2, 0) is 4.79 Å². The van der Waals surface area contributed by atoms with Gasteiger partial charge in [0.15, 0.2) is 0 Å². The Morgan fingerprint density at radius 2 is 2.30 bits per heavy atom. The summed E-state index contributed by atoms with van der Waals surface area (Å²) in [5, 5.41) is 2.95. The van der Waals surface area contributed by atoms with Gasteiger partial charge in [0.25, 0.3) is 0 Å². The molecule has 1 rings (SSSR count). The van der Waals surface area contributed by atoms with E-state index in [9.17, 15) is 4.79 Å². The summed E-state index contributed by atoms with van der Waals surface area (Å²) in [4.78, 5) is 11.2. The van der Waals surface area contributed by atoms with Crippen LogP contribution < -0.4 is 5.32 Å². The predicted molar refractivity (Wildman–Crippen MR) is 40.6 cm³/mol. The summed E-state index contributed by atoms with van der Waals surface area (Å²) in [6.07, 6.45) is 2.04. The monoisotopic (exact) mass is 141 g/mol. The molecule has 0 unspecified atom stereocenters. The van der Waals surface area contributed by atoms with E-state index in [4.69, 9.17) is 0 Å². The summed E-state index contributed by atoms with van der Waals surface area (Å²) < 4.78 is 0. The molecule has 1 aliphatic heterocycles. The number of carbonyl (C=O) groups is 1. The van der Waals surface area contributed by atoms with Gasteiger partial charge in [0.05, 0.1) is 0 Å². The predicted octanol–water partition coefficient (Wildman–Crippen LogP) is 1.31. The van der Waals surface area contributed by atoms with E-state index in [0.29, 0.717) is 6.04 Å². The molecule has 1 saturated heterocycles. The van der Waals surface area contributed by atoms with Crippen molar-refractivity contribution in [3.8, 4) is 0 Å². The van der Waals surface area contributed by atoms with Crippen molar-refractivity contribution in [2.24, 2.45) is 5.41 Å². The van der Waals surface area contributed by atoms with E-state index in [0.717, 1.165) is 12.8 Å². The fourth-order valence-electron chi connectivity index (χ4n) is 1.39. The molecular formula is C8H15NO. The summed E-state index contributed by atoms with van der Waals surface area (Å²) in [6.45, 7) is 6.10. The van der Waals surface area contributed by atoms with E-state index >= 15 is 0 Å². The average molecular weight is 141 g/mol. The van der Waals surface area contributed by atoms with Crippen LogP contribution in [0, 0.1) is 5.41 Å². The molecule has 1 atom stereocenters. The Kier molecular flexibility index (Phi) is 1.71. The van der Waals surface area contributed by atoms with Crippen LogP contribution in [0.15, 0.2) is 0 Å². The smallest absolute Gasteiger partial charge is 0.225 e. The maximum atomic E-state index is 11.2. The Bertz CT molecular complexity index is 151. The number of rotatable bonds is 1. The van der Waals surface area contributed by atoms with Crippen LogP contribution in [-0.4, -0.2) is 11.9 Å². The van der Waals surface area contributed by atoms with Crippen molar-refractivity contribution in [1.82, 2.24) is 5.32 Å². The molecule has 0 aromatic rings. The maximum absolute atomic E-state index is 11.2. The number of amides is 1. The van der Waals surface area contributed by atoms with Gasteiger partial charge in [0.1, 0.15) is 0 Å². The molecule has 0 radical (unpaired) electrons. The maximum Gasteiger partial charge on any atom is 0.225 e. The van der Waals surface area contributed by atoms with Gasteiger partial charge in [0.2, 0.25) is 5.91 Å². The standard InChI is InChI=1S/C8H15NO/c1-4-6-5-8(2,3)7(10)9-6/h6H,4-5H2,1-3H3,(H,9,10)/t6-/m1/s1. The third-order valence-electron chi connectivity index (χ3n) is 2.20. The van der Waals surface area contributed by atoms with Crippen molar-refractivity contribution < 1.29 is 4.79 Å². The summed E-state index contributed by atoms with van der Waals surface area (Å²) in [6, 6.07) is 0.419. The van der Waals surface area contributed by atoms with E-state index in [1.807, 2.05) is 13.8 Å². The van der Waals surface area contributed by atoms with E-state index in [1.165, 1.54) is 0 Å². The molecule has 0 aliphatic carbocycles. The van der Waals surface area contributed by atoms with Crippen molar-refractivity contribution in [3.63, 3.8) is 0 Å². The largest absolute Gasteiger partial charge is 0.353 e. The highest BCUT2D eigenvalue weighted by Crippen LogP contribution is 2.29. The van der Waals surface area contributed by atoms with Gasteiger partial charge >= 0.3 is 0 Å². The Morgan fingerprint density at radius 3 is 2.50 bits per heavy atom. The van der Waals surface area contributed by atoms with Crippen molar-refractivity contribution in [1.29, 1.82) is 0 Å². The summed E-state index contributed by atoms with van der Waals surface area (Å²) in [5.41, 5.74) is -0.124. The van der Waals surface area contributed by atoms with E-state index < -0.39 is 0 Å². The Balaban J connectivity index is 2.62.